The maximum Gasteiger partial charge on any atom is 0.330 e. The average Bonchev–Trinajstić information content (AvgIpc) is 2.58. The molecule has 0 aliphatic rings. The second kappa shape index (κ2) is 7.98. The Morgan fingerprint density at radius 1 is 1.21 bits per heavy atom. The third-order valence-electron chi connectivity index (χ3n) is 3.46. The van der Waals surface area contributed by atoms with Crippen LogP contribution in [0.2, 0.25) is 0 Å². The maximum absolute atomic E-state index is 11.7. The molecular weight excluding hydrogens is 308 g/mol. The normalized spacial score (nSPS) is 12.0. The summed E-state index contributed by atoms with van der Waals surface area (Å²) in [4.78, 5) is 13.6. The number of hydrogen-bond acceptors (Lipinski definition) is 6. The molecule has 126 valence electrons. The van der Waals surface area contributed by atoms with Gasteiger partial charge in [0.2, 0.25) is 0 Å². The van der Waals surface area contributed by atoms with Gasteiger partial charge in [-0.3, -0.25) is 5.21 Å². The van der Waals surface area contributed by atoms with Gasteiger partial charge in [-0.2, -0.15) is 10.7 Å². The first-order valence-electron chi connectivity index (χ1n) is 7.30. The number of nitrogens with zero attached hydrogens (tertiary/aromatic N) is 2. The quantitative estimate of drug-likeness (QED) is 0.460. The predicted molar refractivity (Wildman–Crippen MR) is 93.7 cm³/mol. The molecule has 0 amide bonds. The van der Waals surface area contributed by atoms with E-state index in [-0.39, 0.29) is 0 Å². The first-order valence-corrected chi connectivity index (χ1v) is 7.30. The van der Waals surface area contributed by atoms with Crippen molar-refractivity contribution in [2.45, 2.75) is 6.04 Å². The minimum atomic E-state index is -0.957. The Labute approximate surface area is 140 Å². The molecule has 0 heterocycles. The van der Waals surface area contributed by atoms with Gasteiger partial charge < -0.3 is 15.3 Å². The highest BCUT2D eigenvalue weighted by molar-refractivity contribution is 5.82. The Bertz CT molecular complexity index is 714. The lowest BCUT2D eigenvalue weighted by Gasteiger charge is -2.19. The zero-order chi connectivity index (χ0) is 17.5. The predicted octanol–water partition coefficient (Wildman–Crippen LogP) is 2.30. The fourth-order valence-corrected chi connectivity index (χ4v) is 2.21. The van der Waals surface area contributed by atoms with E-state index in [4.69, 9.17) is 5.21 Å². The van der Waals surface area contributed by atoms with Crippen molar-refractivity contribution in [1.82, 2.24) is 5.59 Å². The highest BCUT2D eigenvalue weighted by atomic mass is 16.5. The van der Waals surface area contributed by atoms with Crippen LogP contribution in [0.25, 0.3) is 0 Å². The van der Waals surface area contributed by atoms with Crippen molar-refractivity contribution in [1.29, 1.82) is 0 Å². The fraction of sp³-hybridized carbons (Fsp3) is 0.176. The van der Waals surface area contributed by atoms with E-state index in [0.29, 0.717) is 11.3 Å². The summed E-state index contributed by atoms with van der Waals surface area (Å²) in [6.45, 7) is 0. The Morgan fingerprint density at radius 3 is 2.50 bits per heavy atom. The standard InChI is InChI=1S/C17H20N4O3/c1-21(2)15-5-3-4-13(10-15)16(17(22)23)19-14-8-6-12(7-9-14)11-18-20-24/h3-11,16,19-20,24H,1-2H3,(H,22,23)/b18-11-. The van der Waals surface area contributed by atoms with Crippen molar-refractivity contribution < 1.29 is 15.1 Å². The number of rotatable bonds is 7. The molecule has 0 aliphatic heterocycles. The molecule has 7 heteroatoms. The van der Waals surface area contributed by atoms with Crippen molar-refractivity contribution in [3.63, 3.8) is 0 Å². The van der Waals surface area contributed by atoms with Gasteiger partial charge in [-0.05, 0) is 35.4 Å². The molecule has 1 unspecified atom stereocenters. The van der Waals surface area contributed by atoms with Crippen LogP contribution in [0.3, 0.4) is 0 Å². The van der Waals surface area contributed by atoms with Gasteiger partial charge in [0.15, 0.2) is 6.04 Å². The second-order valence-electron chi connectivity index (χ2n) is 5.39. The van der Waals surface area contributed by atoms with Gasteiger partial charge in [0.05, 0.1) is 6.21 Å². The number of carboxylic acids is 1. The van der Waals surface area contributed by atoms with E-state index in [0.717, 1.165) is 11.3 Å². The zero-order valence-corrected chi connectivity index (χ0v) is 13.5. The van der Waals surface area contributed by atoms with Crippen molar-refractivity contribution in [2.24, 2.45) is 5.10 Å². The summed E-state index contributed by atoms with van der Waals surface area (Å²) in [5, 5.41) is 24.5. The highest BCUT2D eigenvalue weighted by Gasteiger charge is 2.20. The van der Waals surface area contributed by atoms with Crippen LogP contribution < -0.4 is 15.8 Å². The lowest BCUT2D eigenvalue weighted by molar-refractivity contribution is -0.138. The second-order valence-corrected chi connectivity index (χ2v) is 5.39. The van der Waals surface area contributed by atoms with Gasteiger partial charge in [0.25, 0.3) is 0 Å². The van der Waals surface area contributed by atoms with Crippen LogP contribution in [0.4, 0.5) is 11.4 Å². The number of hydrogen-bond donors (Lipinski definition) is 4. The molecule has 0 aromatic heterocycles. The molecule has 4 N–H and O–H groups in total. The van der Waals surface area contributed by atoms with Gasteiger partial charge in [-0.25, -0.2) is 4.79 Å². The van der Waals surface area contributed by atoms with Crippen molar-refractivity contribution in [3.8, 4) is 0 Å². The largest absolute Gasteiger partial charge is 0.479 e. The van der Waals surface area contributed by atoms with Crippen molar-refractivity contribution in [2.75, 3.05) is 24.3 Å². The molecule has 0 saturated heterocycles. The maximum atomic E-state index is 11.7. The van der Waals surface area contributed by atoms with Gasteiger partial charge in [-0.1, -0.05) is 24.3 Å². The monoisotopic (exact) mass is 328 g/mol. The summed E-state index contributed by atoms with van der Waals surface area (Å²) < 4.78 is 0. The number of hydrazone groups is 1. The highest BCUT2D eigenvalue weighted by Crippen LogP contribution is 2.23. The summed E-state index contributed by atoms with van der Waals surface area (Å²) in [5.74, 6) is -0.957. The average molecular weight is 328 g/mol. The van der Waals surface area contributed by atoms with Crippen LogP contribution in [0, 0.1) is 0 Å². The third kappa shape index (κ3) is 4.47. The first-order chi connectivity index (χ1) is 11.5. The smallest absolute Gasteiger partial charge is 0.330 e. The summed E-state index contributed by atoms with van der Waals surface area (Å²) in [6, 6.07) is 13.6. The lowest BCUT2D eigenvalue weighted by Crippen LogP contribution is -2.21. The Kier molecular flexibility index (Phi) is 5.75. The molecule has 0 aliphatic carbocycles. The van der Waals surface area contributed by atoms with Crippen LogP contribution in [0.15, 0.2) is 53.6 Å². The number of carboxylic acid groups (broad SMARTS) is 1. The number of anilines is 2. The van der Waals surface area contributed by atoms with Gasteiger partial charge in [-0.15, -0.1) is 0 Å². The van der Waals surface area contributed by atoms with E-state index in [1.807, 2.05) is 37.2 Å². The molecule has 24 heavy (non-hydrogen) atoms. The van der Waals surface area contributed by atoms with Crippen LogP contribution in [0.5, 0.6) is 0 Å². The van der Waals surface area contributed by atoms with E-state index in [2.05, 4.69) is 10.4 Å². The van der Waals surface area contributed by atoms with Crippen LogP contribution in [0.1, 0.15) is 17.2 Å². The van der Waals surface area contributed by atoms with Crippen molar-refractivity contribution in [3.05, 3.63) is 59.7 Å². The minimum Gasteiger partial charge on any atom is -0.479 e. The number of nitrogens with one attached hydrogen (secondary N) is 2. The third-order valence-corrected chi connectivity index (χ3v) is 3.46. The number of aliphatic carboxylic acids is 1. The van der Waals surface area contributed by atoms with E-state index >= 15 is 0 Å². The van der Waals surface area contributed by atoms with Crippen LogP contribution in [-0.2, 0) is 4.79 Å². The molecule has 0 spiro atoms. The molecule has 2 aromatic carbocycles. The Balaban J connectivity index is 2.21. The van der Waals surface area contributed by atoms with Gasteiger partial charge >= 0.3 is 5.97 Å². The molecular formula is C17H20N4O3. The molecule has 0 fully saturated rings. The minimum absolute atomic E-state index is 0.670. The van der Waals surface area contributed by atoms with Crippen molar-refractivity contribution >= 4 is 23.6 Å². The van der Waals surface area contributed by atoms with Gasteiger partial charge in [0.1, 0.15) is 0 Å². The summed E-state index contributed by atoms with van der Waals surface area (Å²) in [7, 11) is 3.81. The summed E-state index contributed by atoms with van der Waals surface area (Å²) in [6.07, 6.45) is 1.44. The fourth-order valence-electron chi connectivity index (χ4n) is 2.21. The van der Waals surface area contributed by atoms with Crippen LogP contribution >= 0.6 is 0 Å². The topological polar surface area (TPSA) is 97.2 Å². The number of carbonyl (C=O) groups is 1. The van der Waals surface area contributed by atoms with E-state index < -0.39 is 12.0 Å². The van der Waals surface area contributed by atoms with E-state index in [9.17, 15) is 9.90 Å². The molecule has 2 aromatic rings. The Morgan fingerprint density at radius 2 is 1.92 bits per heavy atom. The first kappa shape index (κ1) is 17.3. The Hall–Kier alpha value is -3.06. The number of benzene rings is 2. The molecule has 0 bridgehead atoms. The molecule has 2 rings (SSSR count). The molecule has 7 nitrogen and oxygen atoms in total. The SMILES string of the molecule is CN(C)c1cccc(C(Nc2ccc(/C=N\NO)cc2)C(=O)O)c1. The molecule has 0 saturated carbocycles. The summed E-state index contributed by atoms with van der Waals surface area (Å²) in [5.41, 5.74) is 4.73. The van der Waals surface area contributed by atoms with E-state index in [1.54, 1.807) is 35.9 Å². The summed E-state index contributed by atoms with van der Waals surface area (Å²) >= 11 is 0. The molecule has 1 atom stereocenters. The van der Waals surface area contributed by atoms with Crippen LogP contribution in [-0.4, -0.2) is 36.6 Å². The van der Waals surface area contributed by atoms with Gasteiger partial charge in [0, 0.05) is 25.5 Å². The lowest BCUT2D eigenvalue weighted by atomic mass is 10.1. The molecule has 0 radical (unpaired) electrons. The van der Waals surface area contributed by atoms with E-state index in [1.165, 1.54) is 6.21 Å². The zero-order valence-electron chi connectivity index (χ0n) is 13.5.